The maximum Gasteiger partial charge on any atom is 0.305 e. The molecule has 16 heavy (non-hydrogen) atoms. The predicted octanol–water partition coefficient (Wildman–Crippen LogP) is -0.367. The molecular formula is C8H15N3O3S2. The quantitative estimate of drug-likeness (QED) is 0.612. The first-order valence-corrected chi connectivity index (χ1v) is 7.17. The minimum atomic E-state index is -3.55. The molecule has 0 aliphatic rings. The van der Waals surface area contributed by atoms with E-state index in [2.05, 4.69) is 15.0 Å². The predicted molar refractivity (Wildman–Crippen MR) is 63.4 cm³/mol. The summed E-state index contributed by atoms with van der Waals surface area (Å²) in [7, 11) is -3.55. The van der Waals surface area contributed by atoms with Gasteiger partial charge in [0.2, 0.25) is 0 Å². The van der Waals surface area contributed by atoms with Crippen molar-refractivity contribution in [1.82, 2.24) is 15.0 Å². The van der Waals surface area contributed by atoms with Crippen molar-refractivity contribution in [1.29, 1.82) is 0 Å². The summed E-state index contributed by atoms with van der Waals surface area (Å²) in [6.45, 7) is 5.17. The largest absolute Gasteiger partial charge is 0.316 e. The zero-order chi connectivity index (χ0) is 12.2. The second-order valence-electron chi connectivity index (χ2n) is 3.18. The highest BCUT2D eigenvalue weighted by molar-refractivity contribution is 7.91. The molecule has 8 heteroatoms. The molecule has 1 aromatic rings. The van der Waals surface area contributed by atoms with Crippen LogP contribution in [0.5, 0.6) is 0 Å². The van der Waals surface area contributed by atoms with Gasteiger partial charge in [-0.05, 0) is 13.5 Å². The topological polar surface area (TPSA) is 91.1 Å². The number of hydrogen-bond acceptors (Lipinski definition) is 5. The Balaban J connectivity index is 2.71. The van der Waals surface area contributed by atoms with Gasteiger partial charge in [0.25, 0.3) is 10.0 Å². The van der Waals surface area contributed by atoms with E-state index in [9.17, 15) is 13.2 Å². The summed E-state index contributed by atoms with van der Waals surface area (Å²) in [5.74, 6) is 0. The summed E-state index contributed by atoms with van der Waals surface area (Å²) < 4.78 is 26.0. The normalized spacial score (nSPS) is 11.9. The van der Waals surface area contributed by atoms with Gasteiger partial charge in [0.15, 0.2) is 4.21 Å². The van der Waals surface area contributed by atoms with Crippen LogP contribution in [0.3, 0.4) is 0 Å². The molecule has 0 saturated heterocycles. The molecule has 0 spiro atoms. The number of rotatable bonds is 6. The van der Waals surface area contributed by atoms with Crippen LogP contribution >= 0.6 is 11.3 Å². The van der Waals surface area contributed by atoms with Crippen LogP contribution in [0.4, 0.5) is 0 Å². The number of hydrogen-bond donors (Lipinski definition) is 3. The third-order valence-corrected chi connectivity index (χ3v) is 4.93. The Hall–Kier alpha value is -0.700. The fourth-order valence-electron chi connectivity index (χ4n) is 1.16. The lowest BCUT2D eigenvalue weighted by Crippen LogP contribution is -2.31. The highest BCUT2D eigenvalue weighted by Crippen LogP contribution is 2.14. The summed E-state index contributed by atoms with van der Waals surface area (Å²) in [6.07, 6.45) is 0. The van der Waals surface area contributed by atoms with Crippen LogP contribution in [0.1, 0.15) is 12.6 Å². The Bertz CT molecular complexity index is 489. The number of thiazole rings is 1. The molecule has 0 aliphatic carbocycles. The van der Waals surface area contributed by atoms with Crippen molar-refractivity contribution in [2.24, 2.45) is 0 Å². The SMILES string of the molecule is CCNCCNS(=O)(=O)c1sc(=O)[nH]c1C. The Morgan fingerprint density at radius 2 is 2.06 bits per heavy atom. The van der Waals surface area contributed by atoms with E-state index in [1.165, 1.54) is 0 Å². The standard InChI is InChI=1S/C8H15N3O3S2/c1-3-9-4-5-10-16(13,14)7-6(2)11-8(12)15-7/h9-10H,3-5H2,1-2H3,(H,11,12). The van der Waals surface area contributed by atoms with Crippen molar-refractivity contribution in [2.45, 2.75) is 18.1 Å². The molecule has 1 aromatic heterocycles. The smallest absolute Gasteiger partial charge is 0.305 e. The summed E-state index contributed by atoms with van der Waals surface area (Å²) in [5.41, 5.74) is 0.381. The van der Waals surface area contributed by atoms with E-state index in [0.717, 1.165) is 6.54 Å². The Morgan fingerprint density at radius 3 is 2.56 bits per heavy atom. The van der Waals surface area contributed by atoms with Gasteiger partial charge in [-0.25, -0.2) is 13.1 Å². The number of H-pyrrole nitrogens is 1. The molecule has 0 atom stereocenters. The first-order valence-electron chi connectivity index (χ1n) is 4.87. The second kappa shape index (κ2) is 5.58. The maximum absolute atomic E-state index is 11.7. The van der Waals surface area contributed by atoms with E-state index >= 15 is 0 Å². The van der Waals surface area contributed by atoms with Crippen molar-refractivity contribution in [2.75, 3.05) is 19.6 Å². The van der Waals surface area contributed by atoms with Gasteiger partial charge < -0.3 is 10.3 Å². The van der Waals surface area contributed by atoms with E-state index < -0.39 is 10.0 Å². The zero-order valence-electron chi connectivity index (χ0n) is 9.16. The lowest BCUT2D eigenvalue weighted by Gasteiger charge is -2.05. The Labute approximate surface area is 98.1 Å². The van der Waals surface area contributed by atoms with Crippen LogP contribution in [0, 0.1) is 6.92 Å². The van der Waals surface area contributed by atoms with Crippen molar-refractivity contribution >= 4 is 21.4 Å². The molecule has 3 N–H and O–H groups in total. The van der Waals surface area contributed by atoms with Gasteiger partial charge in [0.1, 0.15) is 0 Å². The molecular weight excluding hydrogens is 250 g/mol. The molecule has 0 fully saturated rings. The van der Waals surface area contributed by atoms with Gasteiger partial charge in [0.05, 0.1) is 0 Å². The molecule has 0 radical (unpaired) electrons. The van der Waals surface area contributed by atoms with E-state index in [0.29, 0.717) is 30.1 Å². The van der Waals surface area contributed by atoms with Gasteiger partial charge >= 0.3 is 4.87 Å². The third kappa shape index (κ3) is 3.41. The highest BCUT2D eigenvalue weighted by atomic mass is 32.2. The number of likely N-dealkylation sites (N-methyl/N-ethyl adjacent to an activating group) is 1. The molecule has 1 heterocycles. The van der Waals surface area contributed by atoms with Gasteiger partial charge in [-0.3, -0.25) is 4.79 Å². The first kappa shape index (κ1) is 13.4. The van der Waals surface area contributed by atoms with Crippen molar-refractivity contribution in [3.63, 3.8) is 0 Å². The number of nitrogens with one attached hydrogen (secondary N) is 3. The van der Waals surface area contributed by atoms with Crippen LogP contribution in [-0.2, 0) is 10.0 Å². The number of sulfonamides is 1. The fourth-order valence-corrected chi connectivity index (χ4v) is 3.54. The monoisotopic (exact) mass is 265 g/mol. The van der Waals surface area contributed by atoms with Crippen LogP contribution in [0.15, 0.2) is 9.00 Å². The first-order chi connectivity index (χ1) is 7.47. The molecule has 92 valence electrons. The Kier molecular flexibility index (Phi) is 4.66. The minimum absolute atomic E-state index is 0.0639. The average Bonchev–Trinajstić information content (AvgIpc) is 2.53. The Morgan fingerprint density at radius 1 is 1.38 bits per heavy atom. The van der Waals surface area contributed by atoms with E-state index in [1.807, 2.05) is 6.92 Å². The van der Waals surface area contributed by atoms with Gasteiger partial charge in [-0.15, -0.1) is 0 Å². The molecule has 0 bridgehead atoms. The summed E-state index contributed by atoms with van der Waals surface area (Å²) >= 11 is 0.703. The lowest BCUT2D eigenvalue weighted by molar-refractivity contribution is 0.578. The van der Waals surface area contributed by atoms with Crippen LogP contribution in [0.2, 0.25) is 0 Å². The molecule has 0 aromatic carbocycles. The van der Waals surface area contributed by atoms with E-state index in [-0.39, 0.29) is 9.08 Å². The second-order valence-corrected chi connectivity index (χ2v) is 6.12. The number of aryl methyl sites for hydroxylation is 1. The highest BCUT2D eigenvalue weighted by Gasteiger charge is 2.19. The summed E-state index contributed by atoms with van der Waals surface area (Å²) in [4.78, 5) is 13.1. The van der Waals surface area contributed by atoms with E-state index in [1.54, 1.807) is 6.92 Å². The summed E-state index contributed by atoms with van der Waals surface area (Å²) in [5, 5.41) is 3.00. The minimum Gasteiger partial charge on any atom is -0.316 e. The molecule has 0 saturated carbocycles. The number of aromatic nitrogens is 1. The van der Waals surface area contributed by atoms with Crippen LogP contribution in [-0.4, -0.2) is 33.0 Å². The molecule has 1 rings (SSSR count). The zero-order valence-corrected chi connectivity index (χ0v) is 10.8. The molecule has 0 unspecified atom stereocenters. The molecule has 6 nitrogen and oxygen atoms in total. The van der Waals surface area contributed by atoms with Crippen LogP contribution in [0.25, 0.3) is 0 Å². The summed E-state index contributed by atoms with van der Waals surface area (Å²) in [6, 6.07) is 0. The average molecular weight is 265 g/mol. The van der Waals surface area contributed by atoms with Gasteiger partial charge in [-0.1, -0.05) is 18.3 Å². The molecule has 0 amide bonds. The molecule has 0 aliphatic heterocycles. The van der Waals surface area contributed by atoms with Gasteiger partial charge in [-0.2, -0.15) is 0 Å². The van der Waals surface area contributed by atoms with Gasteiger partial charge in [0, 0.05) is 18.8 Å². The van der Waals surface area contributed by atoms with Crippen molar-refractivity contribution in [3.8, 4) is 0 Å². The van der Waals surface area contributed by atoms with Crippen molar-refractivity contribution < 1.29 is 8.42 Å². The van der Waals surface area contributed by atoms with Crippen LogP contribution < -0.4 is 14.9 Å². The number of aromatic amines is 1. The maximum atomic E-state index is 11.7. The third-order valence-electron chi connectivity index (χ3n) is 1.87. The van der Waals surface area contributed by atoms with Crippen molar-refractivity contribution in [3.05, 3.63) is 15.4 Å². The lowest BCUT2D eigenvalue weighted by atomic mass is 10.6. The van der Waals surface area contributed by atoms with E-state index in [4.69, 9.17) is 0 Å². The fraction of sp³-hybridized carbons (Fsp3) is 0.625.